The van der Waals surface area contributed by atoms with Gasteiger partial charge >= 0.3 is 0 Å². The van der Waals surface area contributed by atoms with Gasteiger partial charge in [-0.25, -0.2) is 4.98 Å². The number of nitrogens with zero attached hydrogens (tertiary/aromatic N) is 2. The van der Waals surface area contributed by atoms with Gasteiger partial charge in [0.05, 0.1) is 0 Å². The van der Waals surface area contributed by atoms with E-state index in [2.05, 4.69) is 24.9 Å². The van der Waals surface area contributed by atoms with Crippen LogP contribution in [-0.2, 0) is 6.54 Å². The maximum atomic E-state index is 5.83. The van der Waals surface area contributed by atoms with Crippen LogP contribution in [0.4, 0.5) is 5.82 Å². The first kappa shape index (κ1) is 13.3. The van der Waals surface area contributed by atoms with Crippen molar-refractivity contribution in [3.8, 4) is 0 Å². The Morgan fingerprint density at radius 1 is 1.39 bits per heavy atom. The minimum Gasteiger partial charge on any atom is -0.356 e. The molecule has 0 saturated heterocycles. The van der Waals surface area contributed by atoms with Crippen LogP contribution in [0, 0.1) is 12.8 Å². The lowest BCUT2D eigenvalue weighted by Crippen LogP contribution is -2.37. The van der Waals surface area contributed by atoms with Gasteiger partial charge in [-0.15, -0.1) is 0 Å². The van der Waals surface area contributed by atoms with Crippen LogP contribution in [0.1, 0.15) is 43.9 Å². The minimum absolute atomic E-state index is 0.565. The molecule has 1 saturated carbocycles. The van der Waals surface area contributed by atoms with Crippen molar-refractivity contribution in [1.29, 1.82) is 0 Å². The Labute approximate surface area is 110 Å². The zero-order valence-electron chi connectivity index (χ0n) is 11.8. The Balaban J connectivity index is 2.21. The number of anilines is 1. The van der Waals surface area contributed by atoms with Gasteiger partial charge in [0.25, 0.3) is 0 Å². The third-order valence-corrected chi connectivity index (χ3v) is 4.11. The Morgan fingerprint density at radius 2 is 2.17 bits per heavy atom. The molecule has 0 bridgehead atoms. The van der Waals surface area contributed by atoms with Crippen LogP contribution in [0.25, 0.3) is 0 Å². The summed E-state index contributed by atoms with van der Waals surface area (Å²) < 4.78 is 0. The SMILES string of the molecule is Cc1ccc(CN)c(N(C)C2CCCC(C)C2)n1. The standard InChI is InChI=1S/C15H25N3/c1-11-5-4-6-14(9-11)18(3)15-13(10-16)8-7-12(2)17-15/h7-8,11,14H,4-6,9-10,16H2,1-3H3. The lowest BCUT2D eigenvalue weighted by atomic mass is 9.86. The highest BCUT2D eigenvalue weighted by Gasteiger charge is 2.24. The average molecular weight is 247 g/mol. The van der Waals surface area contributed by atoms with E-state index < -0.39 is 0 Å². The Morgan fingerprint density at radius 3 is 2.83 bits per heavy atom. The first-order valence-electron chi connectivity index (χ1n) is 7.01. The minimum atomic E-state index is 0.565. The van der Waals surface area contributed by atoms with Crippen LogP contribution >= 0.6 is 0 Å². The molecule has 0 amide bonds. The maximum absolute atomic E-state index is 5.83. The number of hydrogen-bond acceptors (Lipinski definition) is 3. The smallest absolute Gasteiger partial charge is 0.133 e. The summed E-state index contributed by atoms with van der Waals surface area (Å²) in [4.78, 5) is 7.04. The molecule has 0 radical (unpaired) electrons. The molecular weight excluding hydrogens is 222 g/mol. The van der Waals surface area contributed by atoms with E-state index in [1.807, 2.05) is 13.0 Å². The lowest BCUT2D eigenvalue weighted by molar-refractivity contribution is 0.335. The molecule has 1 heterocycles. The van der Waals surface area contributed by atoms with Gasteiger partial charge < -0.3 is 10.6 Å². The van der Waals surface area contributed by atoms with Gasteiger partial charge in [0.15, 0.2) is 0 Å². The topological polar surface area (TPSA) is 42.1 Å². The van der Waals surface area contributed by atoms with Crippen LogP contribution in [-0.4, -0.2) is 18.1 Å². The highest BCUT2D eigenvalue weighted by molar-refractivity contribution is 5.48. The van der Waals surface area contributed by atoms with Crippen molar-refractivity contribution in [2.45, 2.75) is 52.1 Å². The third-order valence-electron chi connectivity index (χ3n) is 4.11. The fourth-order valence-electron chi connectivity index (χ4n) is 2.96. The van der Waals surface area contributed by atoms with Crippen LogP contribution < -0.4 is 10.6 Å². The van der Waals surface area contributed by atoms with Crippen LogP contribution in [0.2, 0.25) is 0 Å². The number of aryl methyl sites for hydroxylation is 1. The van der Waals surface area contributed by atoms with Gasteiger partial charge in [0.1, 0.15) is 5.82 Å². The second-order valence-corrected chi connectivity index (χ2v) is 5.68. The van der Waals surface area contributed by atoms with Crippen LogP contribution in [0.5, 0.6) is 0 Å². The van der Waals surface area contributed by atoms with Crippen molar-refractivity contribution < 1.29 is 0 Å². The predicted octanol–water partition coefficient (Wildman–Crippen LogP) is 2.86. The van der Waals surface area contributed by atoms with Crippen molar-refractivity contribution in [2.75, 3.05) is 11.9 Å². The molecular formula is C15H25N3. The van der Waals surface area contributed by atoms with Crippen molar-refractivity contribution in [2.24, 2.45) is 11.7 Å². The Bertz CT molecular complexity index is 403. The Hall–Kier alpha value is -1.09. The summed E-state index contributed by atoms with van der Waals surface area (Å²) in [6, 6.07) is 4.78. The van der Waals surface area contributed by atoms with Gasteiger partial charge in [-0.2, -0.15) is 0 Å². The normalized spacial score (nSPS) is 24.0. The van der Waals surface area contributed by atoms with E-state index >= 15 is 0 Å². The van der Waals surface area contributed by atoms with Gasteiger partial charge in [0.2, 0.25) is 0 Å². The highest BCUT2D eigenvalue weighted by Crippen LogP contribution is 2.30. The largest absolute Gasteiger partial charge is 0.356 e. The zero-order valence-corrected chi connectivity index (χ0v) is 11.8. The molecule has 3 nitrogen and oxygen atoms in total. The summed E-state index contributed by atoms with van der Waals surface area (Å²) in [7, 11) is 2.17. The molecule has 0 aliphatic heterocycles. The van der Waals surface area contributed by atoms with E-state index in [-0.39, 0.29) is 0 Å². The molecule has 1 aliphatic rings. The average Bonchev–Trinajstić information content (AvgIpc) is 2.38. The Kier molecular flexibility index (Phi) is 4.23. The monoisotopic (exact) mass is 247 g/mol. The van der Waals surface area contributed by atoms with Crippen molar-refractivity contribution in [1.82, 2.24) is 4.98 Å². The number of rotatable bonds is 3. The third kappa shape index (κ3) is 2.83. The molecule has 0 aromatic carbocycles. The fourth-order valence-corrected chi connectivity index (χ4v) is 2.96. The maximum Gasteiger partial charge on any atom is 0.133 e. The summed E-state index contributed by atoms with van der Waals surface area (Å²) in [5, 5.41) is 0. The predicted molar refractivity (Wildman–Crippen MR) is 76.7 cm³/mol. The number of nitrogens with two attached hydrogens (primary N) is 1. The second-order valence-electron chi connectivity index (χ2n) is 5.68. The van der Waals surface area contributed by atoms with E-state index in [1.54, 1.807) is 0 Å². The number of aromatic nitrogens is 1. The highest BCUT2D eigenvalue weighted by atomic mass is 15.2. The summed E-state index contributed by atoms with van der Waals surface area (Å²) >= 11 is 0. The summed E-state index contributed by atoms with van der Waals surface area (Å²) in [5.41, 5.74) is 8.05. The van der Waals surface area contributed by atoms with Crippen LogP contribution in [0.3, 0.4) is 0 Å². The van der Waals surface area contributed by atoms with Gasteiger partial charge in [-0.05, 0) is 31.7 Å². The second kappa shape index (κ2) is 5.70. The first-order chi connectivity index (χ1) is 8.61. The molecule has 1 aromatic rings. The number of hydrogen-bond donors (Lipinski definition) is 1. The summed E-state index contributed by atoms with van der Waals surface area (Å²) in [6.07, 6.45) is 5.26. The quantitative estimate of drug-likeness (QED) is 0.893. The molecule has 2 N–H and O–H groups in total. The molecule has 3 heteroatoms. The number of pyridine rings is 1. The lowest BCUT2D eigenvalue weighted by Gasteiger charge is -2.35. The molecule has 1 aromatic heterocycles. The van der Waals surface area contributed by atoms with Crippen molar-refractivity contribution in [3.63, 3.8) is 0 Å². The molecule has 2 rings (SSSR count). The molecule has 1 fully saturated rings. The van der Waals surface area contributed by atoms with Gasteiger partial charge in [0, 0.05) is 30.9 Å². The molecule has 0 spiro atoms. The van der Waals surface area contributed by atoms with Crippen molar-refractivity contribution in [3.05, 3.63) is 23.4 Å². The van der Waals surface area contributed by atoms with E-state index in [0.717, 1.165) is 23.0 Å². The van der Waals surface area contributed by atoms with E-state index in [9.17, 15) is 0 Å². The van der Waals surface area contributed by atoms with Crippen molar-refractivity contribution >= 4 is 5.82 Å². The van der Waals surface area contributed by atoms with Gasteiger partial charge in [-0.3, -0.25) is 0 Å². The van der Waals surface area contributed by atoms with E-state index in [4.69, 9.17) is 10.7 Å². The first-order valence-corrected chi connectivity index (χ1v) is 7.01. The summed E-state index contributed by atoms with van der Waals surface area (Å²) in [5.74, 6) is 1.91. The molecule has 2 atom stereocenters. The molecule has 18 heavy (non-hydrogen) atoms. The van der Waals surface area contributed by atoms with E-state index in [0.29, 0.717) is 12.6 Å². The fraction of sp³-hybridized carbons (Fsp3) is 0.667. The van der Waals surface area contributed by atoms with Gasteiger partial charge in [-0.1, -0.05) is 25.8 Å². The molecule has 1 aliphatic carbocycles. The van der Waals surface area contributed by atoms with Crippen LogP contribution in [0.15, 0.2) is 12.1 Å². The summed E-state index contributed by atoms with van der Waals surface area (Å²) in [6.45, 7) is 4.96. The molecule has 100 valence electrons. The zero-order chi connectivity index (χ0) is 13.1. The van der Waals surface area contributed by atoms with E-state index in [1.165, 1.54) is 25.7 Å². The molecule has 2 unspecified atom stereocenters.